The summed E-state index contributed by atoms with van der Waals surface area (Å²) in [5, 5.41) is 6.54. The minimum atomic E-state index is -0.437. The Balaban J connectivity index is 1.73. The molecule has 0 saturated heterocycles. The van der Waals surface area contributed by atoms with Crippen molar-refractivity contribution in [2.75, 3.05) is 10.6 Å². The molecule has 2 heterocycles. The van der Waals surface area contributed by atoms with Gasteiger partial charge >= 0.3 is 0 Å². The largest absolute Gasteiger partial charge is 0.351 e. The molecule has 0 bridgehead atoms. The van der Waals surface area contributed by atoms with Gasteiger partial charge in [-0.15, -0.1) is 0 Å². The first kappa shape index (κ1) is 15.8. The molecule has 1 saturated carbocycles. The van der Waals surface area contributed by atoms with Gasteiger partial charge in [-0.05, 0) is 37.1 Å². The van der Waals surface area contributed by atoms with E-state index < -0.39 is 5.82 Å². The topological polar surface area (TPSA) is 62.7 Å². The minimum Gasteiger partial charge on any atom is -0.351 e. The zero-order valence-electron chi connectivity index (χ0n) is 13.2. The lowest BCUT2D eigenvalue weighted by Gasteiger charge is -2.12. The zero-order chi connectivity index (χ0) is 17.2. The molecule has 1 aromatic carbocycles. The lowest BCUT2D eigenvalue weighted by molar-refractivity contribution is 0.632. The quantitative estimate of drug-likeness (QED) is 0.697. The summed E-state index contributed by atoms with van der Waals surface area (Å²) in [6.07, 6.45) is 5.61. The van der Waals surface area contributed by atoms with Gasteiger partial charge < -0.3 is 10.6 Å². The first-order valence-corrected chi connectivity index (χ1v) is 8.34. The number of hydrogen-bond acceptors (Lipinski definition) is 5. The van der Waals surface area contributed by atoms with Crippen molar-refractivity contribution in [3.63, 3.8) is 0 Å². The summed E-state index contributed by atoms with van der Waals surface area (Å²) in [5.74, 6) is 0.539. The van der Waals surface area contributed by atoms with Crippen LogP contribution in [0.25, 0.3) is 11.3 Å². The van der Waals surface area contributed by atoms with Crippen molar-refractivity contribution in [2.24, 2.45) is 0 Å². The van der Waals surface area contributed by atoms with Crippen LogP contribution in [0.1, 0.15) is 12.8 Å². The second-order valence-electron chi connectivity index (χ2n) is 5.84. The third kappa shape index (κ3) is 3.69. The summed E-state index contributed by atoms with van der Waals surface area (Å²) >= 11 is 6.10. The van der Waals surface area contributed by atoms with Crippen molar-refractivity contribution in [1.82, 2.24) is 15.0 Å². The molecular weight excluding hydrogens is 341 g/mol. The van der Waals surface area contributed by atoms with Gasteiger partial charge in [-0.2, -0.15) is 4.98 Å². The summed E-state index contributed by atoms with van der Waals surface area (Å²) in [5.41, 5.74) is 1.82. The Bertz CT molecular complexity index is 879. The van der Waals surface area contributed by atoms with Gasteiger partial charge in [-0.3, -0.25) is 4.98 Å². The third-order valence-electron chi connectivity index (χ3n) is 3.83. The number of halogens is 2. The Labute approximate surface area is 149 Å². The number of rotatable bonds is 5. The maximum absolute atomic E-state index is 14.1. The molecule has 0 aliphatic heterocycles. The van der Waals surface area contributed by atoms with Gasteiger partial charge in [0.15, 0.2) is 0 Å². The SMILES string of the molecule is Fc1cccc(Cl)c1Nc1cc(-c2ccncc2)nc(NC2CC2)n1. The molecule has 0 radical (unpaired) electrons. The van der Waals surface area contributed by atoms with Gasteiger partial charge in [0.05, 0.1) is 16.4 Å². The molecule has 2 aromatic heterocycles. The fraction of sp³-hybridized carbons (Fsp3) is 0.167. The molecule has 0 amide bonds. The van der Waals surface area contributed by atoms with Crippen molar-refractivity contribution >= 4 is 29.1 Å². The van der Waals surface area contributed by atoms with Crippen molar-refractivity contribution in [3.8, 4) is 11.3 Å². The van der Waals surface area contributed by atoms with Crippen LogP contribution in [0.4, 0.5) is 21.8 Å². The van der Waals surface area contributed by atoms with Crippen molar-refractivity contribution in [1.29, 1.82) is 0 Å². The van der Waals surface area contributed by atoms with Crippen LogP contribution >= 0.6 is 11.6 Å². The van der Waals surface area contributed by atoms with Crippen LogP contribution in [0, 0.1) is 5.82 Å². The molecule has 0 atom stereocenters. The maximum atomic E-state index is 14.1. The summed E-state index contributed by atoms with van der Waals surface area (Å²) in [4.78, 5) is 13.0. The number of pyridine rings is 1. The van der Waals surface area contributed by atoms with Gasteiger partial charge in [0, 0.05) is 30.1 Å². The number of benzene rings is 1. The van der Waals surface area contributed by atoms with E-state index >= 15 is 0 Å². The maximum Gasteiger partial charge on any atom is 0.225 e. The number of anilines is 3. The number of nitrogens with zero attached hydrogens (tertiary/aromatic N) is 3. The van der Waals surface area contributed by atoms with Crippen LogP contribution in [0.5, 0.6) is 0 Å². The number of para-hydroxylation sites is 1. The normalized spacial score (nSPS) is 13.5. The van der Waals surface area contributed by atoms with Gasteiger partial charge in [0.25, 0.3) is 0 Å². The summed E-state index contributed by atoms with van der Waals surface area (Å²) in [6, 6.07) is 10.4. The molecule has 7 heteroatoms. The van der Waals surface area contributed by atoms with Crippen molar-refractivity contribution in [3.05, 3.63) is 59.6 Å². The Morgan fingerprint density at radius 1 is 1.08 bits per heavy atom. The molecule has 3 aromatic rings. The van der Waals surface area contributed by atoms with E-state index in [0.29, 0.717) is 22.8 Å². The summed E-state index contributed by atoms with van der Waals surface area (Å²) in [6.45, 7) is 0. The van der Waals surface area contributed by atoms with Gasteiger partial charge in [-0.1, -0.05) is 17.7 Å². The fourth-order valence-corrected chi connectivity index (χ4v) is 2.61. The Hall–Kier alpha value is -2.73. The number of aromatic nitrogens is 3. The highest BCUT2D eigenvalue weighted by atomic mass is 35.5. The third-order valence-corrected chi connectivity index (χ3v) is 4.14. The van der Waals surface area contributed by atoms with Crippen molar-refractivity contribution < 1.29 is 4.39 Å². The second kappa shape index (κ2) is 6.64. The van der Waals surface area contributed by atoms with Crippen LogP contribution < -0.4 is 10.6 Å². The Kier molecular flexibility index (Phi) is 4.19. The van der Waals surface area contributed by atoms with Crippen LogP contribution in [0.2, 0.25) is 5.02 Å². The highest BCUT2D eigenvalue weighted by Crippen LogP contribution is 2.30. The van der Waals surface area contributed by atoms with E-state index in [4.69, 9.17) is 11.6 Å². The zero-order valence-corrected chi connectivity index (χ0v) is 14.0. The first-order valence-electron chi connectivity index (χ1n) is 7.96. The molecule has 1 aliphatic carbocycles. The highest BCUT2D eigenvalue weighted by molar-refractivity contribution is 6.33. The standard InChI is InChI=1S/C18H15ClFN5/c19-13-2-1-3-14(20)17(13)24-16-10-15(11-6-8-21-9-7-11)23-18(25-16)22-12-4-5-12/h1-3,6-10,12H,4-5H2,(H2,22,23,24,25). The van der Waals surface area contributed by atoms with Crippen LogP contribution in [0.3, 0.4) is 0 Å². The number of nitrogens with one attached hydrogen (secondary N) is 2. The minimum absolute atomic E-state index is 0.195. The molecular formula is C18H15ClFN5. The molecule has 4 rings (SSSR count). The van der Waals surface area contributed by atoms with Gasteiger partial charge in [-0.25, -0.2) is 9.37 Å². The Morgan fingerprint density at radius 3 is 2.60 bits per heavy atom. The predicted molar refractivity (Wildman–Crippen MR) is 96.6 cm³/mol. The van der Waals surface area contributed by atoms with Crippen LogP contribution in [0.15, 0.2) is 48.8 Å². The van der Waals surface area contributed by atoms with Gasteiger partial charge in [0.1, 0.15) is 11.6 Å². The van der Waals surface area contributed by atoms with E-state index in [1.807, 2.05) is 12.1 Å². The highest BCUT2D eigenvalue weighted by Gasteiger charge is 2.22. The van der Waals surface area contributed by atoms with E-state index in [9.17, 15) is 4.39 Å². The fourth-order valence-electron chi connectivity index (χ4n) is 2.40. The molecule has 25 heavy (non-hydrogen) atoms. The summed E-state index contributed by atoms with van der Waals surface area (Å²) in [7, 11) is 0. The van der Waals surface area contributed by atoms with Gasteiger partial charge in [0.2, 0.25) is 5.95 Å². The van der Waals surface area contributed by atoms with E-state index in [0.717, 1.165) is 24.1 Å². The molecule has 126 valence electrons. The average molecular weight is 356 g/mol. The molecule has 0 unspecified atom stereocenters. The second-order valence-corrected chi connectivity index (χ2v) is 6.25. The lowest BCUT2D eigenvalue weighted by Crippen LogP contribution is -2.08. The first-order chi connectivity index (χ1) is 12.2. The summed E-state index contributed by atoms with van der Waals surface area (Å²) < 4.78 is 14.1. The van der Waals surface area contributed by atoms with Crippen LogP contribution in [-0.2, 0) is 0 Å². The van der Waals surface area contributed by atoms with E-state index in [2.05, 4.69) is 25.6 Å². The van der Waals surface area contributed by atoms with Crippen LogP contribution in [-0.4, -0.2) is 21.0 Å². The average Bonchev–Trinajstić information content (AvgIpc) is 3.43. The molecule has 0 spiro atoms. The van der Waals surface area contributed by atoms with E-state index in [-0.39, 0.29) is 5.69 Å². The van der Waals surface area contributed by atoms with E-state index in [1.165, 1.54) is 6.07 Å². The lowest BCUT2D eigenvalue weighted by atomic mass is 10.2. The Morgan fingerprint density at radius 2 is 1.88 bits per heavy atom. The smallest absolute Gasteiger partial charge is 0.225 e. The number of hydrogen-bond donors (Lipinski definition) is 2. The van der Waals surface area contributed by atoms with Crippen molar-refractivity contribution in [2.45, 2.75) is 18.9 Å². The molecule has 5 nitrogen and oxygen atoms in total. The molecule has 1 aliphatic rings. The van der Waals surface area contributed by atoms with E-state index in [1.54, 1.807) is 30.6 Å². The molecule has 1 fully saturated rings. The molecule has 2 N–H and O–H groups in total. The predicted octanol–water partition coefficient (Wildman–Crippen LogP) is 4.65. The monoisotopic (exact) mass is 355 g/mol.